The molecule has 0 fully saturated rings. The number of nitrogen functional groups attached to an aromatic ring is 1. The summed E-state index contributed by atoms with van der Waals surface area (Å²) in [4.78, 5) is 16.2. The van der Waals surface area contributed by atoms with Crippen LogP contribution in [0.2, 0.25) is 0 Å². The molecule has 0 atom stereocenters. The topological polar surface area (TPSA) is 88.2 Å². The standard InChI is InChI=1S/C14H10FN3O2S/c15-10-6-8(19)2-3-9(10)13(20)18-14-17-11-4-1-7(16)5-12(11)21-14/h1-6,19H,16H2,(H,17,18,20). The van der Waals surface area contributed by atoms with Crippen LogP contribution in [-0.4, -0.2) is 16.0 Å². The zero-order valence-corrected chi connectivity index (χ0v) is 11.4. The van der Waals surface area contributed by atoms with Gasteiger partial charge in [-0.15, -0.1) is 0 Å². The molecule has 0 unspecified atom stereocenters. The molecule has 106 valence electrons. The normalized spacial score (nSPS) is 10.7. The van der Waals surface area contributed by atoms with E-state index >= 15 is 0 Å². The summed E-state index contributed by atoms with van der Waals surface area (Å²) >= 11 is 1.25. The van der Waals surface area contributed by atoms with E-state index in [-0.39, 0.29) is 11.3 Å². The van der Waals surface area contributed by atoms with Gasteiger partial charge in [-0.25, -0.2) is 9.37 Å². The number of amides is 1. The number of phenols is 1. The van der Waals surface area contributed by atoms with Crippen molar-refractivity contribution in [3.05, 3.63) is 47.8 Å². The number of nitrogens with two attached hydrogens (primary N) is 1. The second kappa shape index (κ2) is 5.02. The molecule has 0 spiro atoms. The minimum absolute atomic E-state index is 0.161. The van der Waals surface area contributed by atoms with E-state index in [0.717, 1.165) is 10.8 Å². The highest BCUT2D eigenvalue weighted by molar-refractivity contribution is 7.22. The average Bonchev–Trinajstić information content (AvgIpc) is 2.79. The lowest BCUT2D eigenvalue weighted by molar-refractivity contribution is 0.102. The number of hydrogen-bond donors (Lipinski definition) is 3. The predicted octanol–water partition coefficient (Wildman–Crippen LogP) is 2.98. The SMILES string of the molecule is Nc1ccc2nc(NC(=O)c3ccc(O)cc3F)sc2c1. The summed E-state index contributed by atoms with van der Waals surface area (Å²) in [7, 11) is 0. The predicted molar refractivity (Wildman–Crippen MR) is 80.1 cm³/mol. The molecule has 21 heavy (non-hydrogen) atoms. The highest BCUT2D eigenvalue weighted by atomic mass is 32.1. The molecular formula is C14H10FN3O2S. The third-order valence-electron chi connectivity index (χ3n) is 2.83. The van der Waals surface area contributed by atoms with Crippen LogP contribution in [0.5, 0.6) is 5.75 Å². The van der Waals surface area contributed by atoms with Gasteiger partial charge in [0.1, 0.15) is 11.6 Å². The Balaban J connectivity index is 1.89. The molecule has 1 heterocycles. The van der Waals surface area contributed by atoms with Gasteiger partial charge < -0.3 is 10.8 Å². The molecule has 0 aliphatic heterocycles. The lowest BCUT2D eigenvalue weighted by Gasteiger charge is -2.03. The molecule has 1 amide bonds. The zero-order valence-electron chi connectivity index (χ0n) is 10.6. The molecule has 0 aliphatic carbocycles. The molecule has 1 aromatic heterocycles. The summed E-state index contributed by atoms with van der Waals surface area (Å²) in [6.07, 6.45) is 0. The fourth-order valence-corrected chi connectivity index (χ4v) is 2.76. The van der Waals surface area contributed by atoms with Crippen LogP contribution in [0.3, 0.4) is 0 Å². The van der Waals surface area contributed by atoms with Crippen molar-refractivity contribution in [1.82, 2.24) is 4.98 Å². The molecule has 0 saturated heterocycles. The van der Waals surface area contributed by atoms with E-state index in [4.69, 9.17) is 10.8 Å². The van der Waals surface area contributed by atoms with Crippen LogP contribution < -0.4 is 11.1 Å². The molecule has 0 aliphatic rings. The van der Waals surface area contributed by atoms with Crippen molar-refractivity contribution in [3.63, 3.8) is 0 Å². The Hall–Kier alpha value is -2.67. The Labute approximate surface area is 122 Å². The van der Waals surface area contributed by atoms with Gasteiger partial charge in [-0.05, 0) is 30.3 Å². The van der Waals surface area contributed by atoms with Gasteiger partial charge in [0.05, 0.1) is 15.8 Å². The summed E-state index contributed by atoms with van der Waals surface area (Å²) < 4.78 is 14.4. The number of aromatic nitrogens is 1. The molecule has 3 rings (SSSR count). The maximum absolute atomic E-state index is 13.6. The molecule has 3 aromatic rings. The van der Waals surface area contributed by atoms with Crippen LogP contribution in [0.25, 0.3) is 10.2 Å². The Bertz CT molecular complexity index is 847. The largest absolute Gasteiger partial charge is 0.508 e. The molecule has 0 bridgehead atoms. The number of aromatic hydroxyl groups is 1. The first-order valence-electron chi connectivity index (χ1n) is 5.99. The van der Waals surface area contributed by atoms with Gasteiger partial charge in [-0.3, -0.25) is 10.1 Å². The van der Waals surface area contributed by atoms with Gasteiger partial charge >= 0.3 is 0 Å². The van der Waals surface area contributed by atoms with Gasteiger partial charge in [0.2, 0.25) is 0 Å². The Morgan fingerprint density at radius 3 is 2.86 bits per heavy atom. The van der Waals surface area contributed by atoms with Crippen molar-refractivity contribution >= 4 is 38.3 Å². The number of fused-ring (bicyclic) bond motifs is 1. The number of halogens is 1. The highest BCUT2D eigenvalue weighted by Gasteiger charge is 2.14. The van der Waals surface area contributed by atoms with Crippen LogP contribution in [-0.2, 0) is 0 Å². The number of anilines is 2. The number of nitrogens with one attached hydrogen (secondary N) is 1. The van der Waals surface area contributed by atoms with Crippen molar-refractivity contribution in [2.45, 2.75) is 0 Å². The number of rotatable bonds is 2. The fraction of sp³-hybridized carbons (Fsp3) is 0. The number of nitrogens with zero attached hydrogens (tertiary/aromatic N) is 1. The first-order valence-corrected chi connectivity index (χ1v) is 6.80. The van der Waals surface area contributed by atoms with E-state index in [0.29, 0.717) is 16.3 Å². The summed E-state index contributed by atoms with van der Waals surface area (Å²) in [5.41, 5.74) is 6.83. The Kier molecular flexibility index (Phi) is 3.19. The summed E-state index contributed by atoms with van der Waals surface area (Å²) in [5.74, 6) is -1.66. The van der Waals surface area contributed by atoms with Gasteiger partial charge in [0.25, 0.3) is 5.91 Å². The van der Waals surface area contributed by atoms with E-state index < -0.39 is 11.7 Å². The van der Waals surface area contributed by atoms with Crippen molar-refractivity contribution < 1.29 is 14.3 Å². The first kappa shape index (κ1) is 13.3. The number of phenolic OH excluding ortho intramolecular Hbond substituents is 1. The maximum atomic E-state index is 13.6. The molecule has 0 saturated carbocycles. The molecule has 0 radical (unpaired) electrons. The molecule has 7 heteroatoms. The van der Waals surface area contributed by atoms with Crippen LogP contribution in [0.4, 0.5) is 15.2 Å². The van der Waals surface area contributed by atoms with E-state index in [1.165, 1.54) is 23.5 Å². The molecule has 5 nitrogen and oxygen atoms in total. The van der Waals surface area contributed by atoms with Gasteiger partial charge in [0, 0.05) is 11.8 Å². The zero-order chi connectivity index (χ0) is 15.0. The van der Waals surface area contributed by atoms with E-state index in [2.05, 4.69) is 10.3 Å². The molecular weight excluding hydrogens is 293 g/mol. The average molecular weight is 303 g/mol. The monoisotopic (exact) mass is 303 g/mol. The molecule has 4 N–H and O–H groups in total. The summed E-state index contributed by atoms with van der Waals surface area (Å²) in [5, 5.41) is 12.0. The second-order valence-corrected chi connectivity index (χ2v) is 5.40. The molecule has 2 aromatic carbocycles. The number of carbonyl (C=O) groups excluding carboxylic acids is 1. The van der Waals surface area contributed by atoms with Crippen LogP contribution >= 0.6 is 11.3 Å². The van der Waals surface area contributed by atoms with Gasteiger partial charge in [-0.1, -0.05) is 11.3 Å². The first-order chi connectivity index (χ1) is 10.0. The highest BCUT2D eigenvalue weighted by Crippen LogP contribution is 2.28. The van der Waals surface area contributed by atoms with Gasteiger partial charge in [-0.2, -0.15) is 0 Å². The van der Waals surface area contributed by atoms with Crippen molar-refractivity contribution in [2.24, 2.45) is 0 Å². The number of thiazole rings is 1. The third kappa shape index (κ3) is 2.63. The Morgan fingerprint density at radius 2 is 2.10 bits per heavy atom. The minimum Gasteiger partial charge on any atom is -0.508 e. The van der Waals surface area contributed by atoms with E-state index in [1.54, 1.807) is 18.2 Å². The number of carbonyl (C=O) groups is 1. The van der Waals surface area contributed by atoms with Crippen LogP contribution in [0.1, 0.15) is 10.4 Å². The van der Waals surface area contributed by atoms with Crippen LogP contribution in [0, 0.1) is 5.82 Å². The number of hydrogen-bond acceptors (Lipinski definition) is 5. The van der Waals surface area contributed by atoms with Gasteiger partial charge in [0.15, 0.2) is 5.13 Å². The quantitative estimate of drug-likeness (QED) is 0.635. The smallest absolute Gasteiger partial charge is 0.260 e. The maximum Gasteiger partial charge on any atom is 0.260 e. The fourth-order valence-electron chi connectivity index (χ4n) is 1.85. The lowest BCUT2D eigenvalue weighted by atomic mass is 10.2. The van der Waals surface area contributed by atoms with Crippen molar-refractivity contribution in [3.8, 4) is 5.75 Å². The second-order valence-electron chi connectivity index (χ2n) is 4.36. The number of benzene rings is 2. The third-order valence-corrected chi connectivity index (χ3v) is 3.76. The van der Waals surface area contributed by atoms with Crippen molar-refractivity contribution in [2.75, 3.05) is 11.1 Å². The van der Waals surface area contributed by atoms with E-state index in [9.17, 15) is 9.18 Å². The summed E-state index contributed by atoms with van der Waals surface area (Å²) in [6, 6.07) is 8.56. The van der Waals surface area contributed by atoms with Crippen molar-refractivity contribution in [1.29, 1.82) is 0 Å². The summed E-state index contributed by atoms with van der Waals surface area (Å²) in [6.45, 7) is 0. The van der Waals surface area contributed by atoms with E-state index in [1.807, 2.05) is 0 Å². The van der Waals surface area contributed by atoms with Crippen LogP contribution in [0.15, 0.2) is 36.4 Å². The Morgan fingerprint density at radius 1 is 1.29 bits per heavy atom. The minimum atomic E-state index is -0.794. The lowest BCUT2D eigenvalue weighted by Crippen LogP contribution is -2.13.